The van der Waals surface area contributed by atoms with Gasteiger partial charge in [0.05, 0.1) is 86.6 Å². The Balaban J connectivity index is 0.000000294. The predicted molar refractivity (Wildman–Crippen MR) is 332 cm³/mol. The van der Waals surface area contributed by atoms with Crippen LogP contribution in [0.1, 0.15) is 123 Å². The van der Waals surface area contributed by atoms with E-state index in [1.165, 1.54) is 37.4 Å². The summed E-state index contributed by atoms with van der Waals surface area (Å²) in [4.78, 5) is 50.8. The number of benzene rings is 7. The van der Waals surface area contributed by atoms with E-state index in [1.54, 1.807) is 121 Å². The highest BCUT2D eigenvalue weighted by Crippen LogP contribution is 2.42. The average Bonchev–Trinajstić information content (AvgIpc) is 3.54. The van der Waals surface area contributed by atoms with Crippen LogP contribution in [0.5, 0.6) is 28.7 Å². The van der Waals surface area contributed by atoms with Crippen molar-refractivity contribution in [3.63, 3.8) is 0 Å². The van der Waals surface area contributed by atoms with Crippen molar-refractivity contribution in [2.75, 3.05) is 33.5 Å². The van der Waals surface area contributed by atoms with Gasteiger partial charge in [0, 0.05) is 18.2 Å². The molecule has 21 nitrogen and oxygen atoms in total. The highest BCUT2D eigenvalue weighted by atomic mass is 16.6. The second-order valence-corrected chi connectivity index (χ2v) is 20.5. The maximum absolute atomic E-state index is 13.3. The van der Waals surface area contributed by atoms with Crippen molar-refractivity contribution < 1.29 is 52.3 Å². The number of hydrogen-bond acceptors (Lipinski definition) is 21. The Bertz CT molecular complexity index is 3870. The molecule has 7 rings (SSSR count). The molecule has 0 fully saturated rings. The highest BCUT2D eigenvalue weighted by Gasteiger charge is 2.33. The fraction of sp³-hybridized carbons (Fsp3) is 0.275. The molecule has 0 saturated heterocycles. The van der Waals surface area contributed by atoms with Crippen molar-refractivity contribution in [2.45, 2.75) is 80.1 Å². The molecule has 7 aromatic carbocycles. The van der Waals surface area contributed by atoms with Crippen LogP contribution < -0.4 is 23.7 Å². The molecule has 21 heteroatoms. The van der Waals surface area contributed by atoms with Crippen molar-refractivity contribution in [1.82, 2.24) is 0 Å². The first-order valence-electron chi connectivity index (χ1n) is 28.8. The van der Waals surface area contributed by atoms with Gasteiger partial charge in [0.25, 0.3) is 0 Å². The number of carbonyl (C=O) groups is 4. The summed E-state index contributed by atoms with van der Waals surface area (Å²) in [6.07, 6.45) is 4.73. The maximum Gasteiger partial charge on any atom is 0.343 e. The van der Waals surface area contributed by atoms with Gasteiger partial charge in [-0.25, -0.2) is 9.59 Å². The maximum atomic E-state index is 13.3. The van der Waals surface area contributed by atoms with Crippen LogP contribution in [0.15, 0.2) is 182 Å². The second kappa shape index (κ2) is 34.1. The Morgan fingerprint density at radius 1 is 0.422 bits per heavy atom. The zero-order valence-electron chi connectivity index (χ0n) is 51.0. The molecular formula is C69H66N10O11. The Morgan fingerprint density at radius 3 is 1.19 bits per heavy atom. The first-order chi connectivity index (χ1) is 43.5. The molecule has 0 N–H and O–H groups in total. The fourth-order valence-corrected chi connectivity index (χ4v) is 8.42. The third-order valence-electron chi connectivity index (χ3n) is 14.1. The normalized spacial score (nSPS) is 12.1. The van der Waals surface area contributed by atoms with Gasteiger partial charge in [-0.3, -0.25) is 9.59 Å². The summed E-state index contributed by atoms with van der Waals surface area (Å²) in [5.74, 6) is -0.257. The number of hydrogen-bond donors (Lipinski definition) is 0. The standard InChI is InChI=1S/C38H36N6O6.C31H30N4O5/c1-5-19-38(3,6-2)37(46)49-21-20-48-31-17-11-28(12-18-31)36(45)50-35-23-34(47-4)32(43-41-29-13-7-26(24-39)8-14-29)22-33(35)44-42-30-15-9-27(25-40)10-16-30;1-4-16-31(3,5-2)30(37)39-18-17-38-26-12-8-23(9-13-26)29(36)40-27-14-15-28(24(19-27)21-33)35-34-25-10-6-22(20-32)7-11-25/h7-18,22-23H,5-6,19-21H2,1-4H3;6-15,19H,4-5,16-18H2,1-3H3. The summed E-state index contributed by atoms with van der Waals surface area (Å²) in [6.45, 7) is 12.4. The number of methoxy groups -OCH3 is 1. The molecule has 0 amide bonds. The molecule has 0 bridgehead atoms. The molecule has 458 valence electrons. The van der Waals surface area contributed by atoms with Gasteiger partial charge in [-0.15, -0.1) is 15.3 Å². The Kier molecular flexibility index (Phi) is 25.6. The van der Waals surface area contributed by atoms with Crippen molar-refractivity contribution in [2.24, 2.45) is 41.5 Å². The molecule has 0 spiro atoms. The van der Waals surface area contributed by atoms with Crippen molar-refractivity contribution in [1.29, 1.82) is 21.0 Å². The monoisotopic (exact) mass is 1210 g/mol. The van der Waals surface area contributed by atoms with Gasteiger partial charge < -0.3 is 33.2 Å². The van der Waals surface area contributed by atoms with Gasteiger partial charge in [-0.1, -0.05) is 40.5 Å². The molecule has 0 aliphatic heterocycles. The zero-order chi connectivity index (χ0) is 64.9. The van der Waals surface area contributed by atoms with Crippen LogP contribution >= 0.6 is 0 Å². The lowest BCUT2D eigenvalue weighted by Crippen LogP contribution is -2.30. The van der Waals surface area contributed by atoms with Gasteiger partial charge in [-0.2, -0.15) is 36.4 Å². The Hall–Kier alpha value is -11.4. The number of azo groups is 3. The smallest absolute Gasteiger partial charge is 0.343 e. The van der Waals surface area contributed by atoms with Crippen LogP contribution in [0.2, 0.25) is 0 Å². The summed E-state index contributed by atoms with van der Waals surface area (Å²) < 4.78 is 38.9. The van der Waals surface area contributed by atoms with Crippen LogP contribution in [-0.2, 0) is 19.1 Å². The fourth-order valence-electron chi connectivity index (χ4n) is 8.42. The summed E-state index contributed by atoms with van der Waals surface area (Å²) in [6, 6.07) is 47.8. The first kappa shape index (κ1) is 67.7. The number of ether oxygens (including phenoxy) is 7. The Morgan fingerprint density at radius 2 is 0.811 bits per heavy atom. The van der Waals surface area contributed by atoms with E-state index in [0.29, 0.717) is 69.3 Å². The predicted octanol–water partition coefficient (Wildman–Crippen LogP) is 16.8. The minimum absolute atomic E-state index is 0.0471. The molecule has 0 radical (unpaired) electrons. The van der Waals surface area contributed by atoms with Crippen molar-refractivity contribution >= 4 is 58.0 Å². The summed E-state index contributed by atoms with van der Waals surface area (Å²) in [5.41, 5.74) is 3.41. The van der Waals surface area contributed by atoms with Gasteiger partial charge in [-0.05, 0) is 173 Å². The highest BCUT2D eigenvalue weighted by molar-refractivity contribution is 5.92. The molecule has 0 aliphatic carbocycles. The molecule has 0 aliphatic rings. The van der Waals surface area contributed by atoms with Gasteiger partial charge in [0.1, 0.15) is 72.6 Å². The summed E-state index contributed by atoms with van der Waals surface area (Å²) in [7, 11) is 1.44. The SMILES string of the molecule is CCCC(C)(CC)C(=O)OCCOc1ccc(C(=O)Oc2cc(OC)c(N=Nc3ccc(C#N)cc3)cc2N=Nc2ccc(C#N)cc2)cc1.CCCC(C)(CC)C(=O)OCCOc1ccc(C(=O)Oc2ccc(N=Nc3ccc(C#N)cc3)c(C#N)c2)cc1. The van der Waals surface area contributed by atoms with Crippen LogP contribution in [0.25, 0.3) is 0 Å². The van der Waals surface area contributed by atoms with Crippen LogP contribution in [-0.4, -0.2) is 57.4 Å². The van der Waals surface area contributed by atoms with E-state index in [9.17, 15) is 24.4 Å². The molecular weight excluding hydrogens is 1140 g/mol. The minimum Gasteiger partial charge on any atom is -0.494 e. The summed E-state index contributed by atoms with van der Waals surface area (Å²) >= 11 is 0. The topological polar surface area (TPSA) is 302 Å². The molecule has 0 heterocycles. The number of nitriles is 4. The Labute approximate surface area is 522 Å². The van der Waals surface area contributed by atoms with E-state index >= 15 is 0 Å². The zero-order valence-corrected chi connectivity index (χ0v) is 51.0. The average molecular weight is 1210 g/mol. The third-order valence-corrected chi connectivity index (χ3v) is 14.1. The number of esters is 4. The van der Waals surface area contributed by atoms with E-state index in [0.717, 1.165) is 25.7 Å². The van der Waals surface area contributed by atoms with Crippen LogP contribution in [0.4, 0.5) is 34.1 Å². The van der Waals surface area contributed by atoms with Crippen molar-refractivity contribution in [3.8, 4) is 53.0 Å². The molecule has 2 atom stereocenters. The van der Waals surface area contributed by atoms with Crippen LogP contribution in [0.3, 0.4) is 0 Å². The van der Waals surface area contributed by atoms with E-state index in [-0.39, 0.29) is 78.1 Å². The van der Waals surface area contributed by atoms with E-state index in [2.05, 4.69) is 42.8 Å². The molecule has 0 saturated carbocycles. The van der Waals surface area contributed by atoms with Crippen molar-refractivity contribution in [3.05, 3.63) is 185 Å². The lowest BCUT2D eigenvalue weighted by molar-refractivity contribution is -0.157. The van der Waals surface area contributed by atoms with Gasteiger partial charge in [0.2, 0.25) is 0 Å². The molecule has 7 aromatic rings. The number of nitrogens with zero attached hydrogens (tertiary/aromatic N) is 10. The lowest BCUT2D eigenvalue weighted by atomic mass is 9.83. The minimum atomic E-state index is -0.677. The van der Waals surface area contributed by atoms with E-state index < -0.39 is 22.8 Å². The molecule has 2 unspecified atom stereocenters. The van der Waals surface area contributed by atoms with E-state index in [4.69, 9.17) is 48.9 Å². The van der Waals surface area contributed by atoms with E-state index in [1.807, 2.05) is 53.7 Å². The largest absolute Gasteiger partial charge is 0.494 e. The van der Waals surface area contributed by atoms with Crippen LogP contribution in [0, 0.1) is 56.2 Å². The lowest BCUT2D eigenvalue weighted by Gasteiger charge is -2.25. The van der Waals surface area contributed by atoms with Gasteiger partial charge in [0.15, 0.2) is 5.75 Å². The van der Waals surface area contributed by atoms with Gasteiger partial charge >= 0.3 is 23.9 Å². The first-order valence-corrected chi connectivity index (χ1v) is 28.8. The number of rotatable bonds is 27. The molecule has 0 aromatic heterocycles. The summed E-state index contributed by atoms with van der Waals surface area (Å²) in [5, 5.41) is 61.8. The quantitative estimate of drug-likeness (QED) is 0.0200. The number of carbonyl (C=O) groups excluding carboxylic acids is 4. The molecule has 90 heavy (non-hydrogen) atoms. The third kappa shape index (κ3) is 19.8. The second-order valence-electron chi connectivity index (χ2n) is 20.5.